The third-order valence-electron chi connectivity index (χ3n) is 2.89. The Morgan fingerprint density at radius 2 is 2.26 bits per heavy atom. The molecular weight excluding hydrogens is 250 g/mol. The first-order valence-corrected chi connectivity index (χ1v) is 5.97. The van der Waals surface area contributed by atoms with Gasteiger partial charge in [0.05, 0.1) is 27.4 Å². The van der Waals surface area contributed by atoms with Gasteiger partial charge in [-0.15, -0.1) is 0 Å². The van der Waals surface area contributed by atoms with E-state index in [1.165, 1.54) is 7.11 Å². The largest absolute Gasteiger partial charge is 0.481 e. The summed E-state index contributed by atoms with van der Waals surface area (Å²) in [5.41, 5.74) is 0.775. The Balaban J connectivity index is 2.31. The summed E-state index contributed by atoms with van der Waals surface area (Å²) in [6.07, 6.45) is 0. The number of rotatable bonds is 3. The lowest BCUT2D eigenvalue weighted by Crippen LogP contribution is -2.51. The van der Waals surface area contributed by atoms with Crippen molar-refractivity contribution >= 4 is 11.9 Å². The van der Waals surface area contributed by atoms with Crippen LogP contribution in [0, 0.1) is 6.92 Å². The van der Waals surface area contributed by atoms with Gasteiger partial charge >= 0.3 is 5.97 Å². The Bertz CT molecular complexity index is 466. The maximum Gasteiger partial charge on any atom is 0.331 e. The summed E-state index contributed by atoms with van der Waals surface area (Å²) in [5.74, 6) is 0.567. The van der Waals surface area contributed by atoms with Crippen LogP contribution in [-0.2, 0) is 14.3 Å². The van der Waals surface area contributed by atoms with Gasteiger partial charge in [0.2, 0.25) is 11.8 Å². The van der Waals surface area contributed by atoms with E-state index in [-0.39, 0.29) is 12.6 Å². The van der Waals surface area contributed by atoms with Crippen molar-refractivity contribution in [2.24, 2.45) is 0 Å². The molecular formula is C12H17N3O4. The molecule has 0 bridgehead atoms. The summed E-state index contributed by atoms with van der Waals surface area (Å²) in [6.45, 7) is 3.17. The maximum atomic E-state index is 11.8. The average Bonchev–Trinajstić information content (AvgIpc) is 2.45. The molecule has 104 valence electrons. The molecule has 1 unspecified atom stereocenters. The van der Waals surface area contributed by atoms with Crippen molar-refractivity contribution < 1.29 is 19.0 Å². The molecule has 1 saturated heterocycles. The van der Waals surface area contributed by atoms with Crippen molar-refractivity contribution in [3.63, 3.8) is 0 Å². The number of carbonyl (C=O) groups is 1. The molecule has 1 aliphatic rings. The van der Waals surface area contributed by atoms with Gasteiger partial charge in [-0.2, -0.15) is 4.98 Å². The van der Waals surface area contributed by atoms with E-state index >= 15 is 0 Å². The average molecular weight is 267 g/mol. The first-order valence-electron chi connectivity index (χ1n) is 5.97. The zero-order valence-corrected chi connectivity index (χ0v) is 11.3. The highest BCUT2D eigenvalue weighted by Crippen LogP contribution is 2.19. The van der Waals surface area contributed by atoms with Crippen LogP contribution in [-0.4, -0.2) is 56.0 Å². The minimum absolute atomic E-state index is 0.270. The van der Waals surface area contributed by atoms with Gasteiger partial charge in [-0.05, 0) is 6.92 Å². The Hall–Kier alpha value is -1.89. The molecule has 7 heteroatoms. The predicted molar refractivity (Wildman–Crippen MR) is 67.3 cm³/mol. The van der Waals surface area contributed by atoms with Crippen LogP contribution in [0.5, 0.6) is 5.88 Å². The highest BCUT2D eigenvalue weighted by Gasteiger charge is 2.32. The van der Waals surface area contributed by atoms with Gasteiger partial charge < -0.3 is 19.1 Å². The van der Waals surface area contributed by atoms with Crippen LogP contribution in [0.3, 0.4) is 0 Å². The maximum absolute atomic E-state index is 11.8. The molecule has 0 saturated carbocycles. The van der Waals surface area contributed by atoms with E-state index in [1.807, 2.05) is 6.92 Å². The molecule has 1 aliphatic heterocycles. The molecule has 7 nitrogen and oxygen atoms in total. The van der Waals surface area contributed by atoms with Crippen molar-refractivity contribution in [1.82, 2.24) is 9.97 Å². The quantitative estimate of drug-likeness (QED) is 0.723. The normalized spacial score (nSPS) is 19.1. The van der Waals surface area contributed by atoms with Gasteiger partial charge in [0.15, 0.2) is 6.04 Å². The van der Waals surface area contributed by atoms with Crippen LogP contribution >= 0.6 is 0 Å². The molecule has 0 spiro atoms. The summed E-state index contributed by atoms with van der Waals surface area (Å²) in [6, 6.07) is 1.21. The minimum atomic E-state index is -0.523. The first-order chi connectivity index (χ1) is 9.15. The fourth-order valence-corrected chi connectivity index (χ4v) is 1.93. The Kier molecular flexibility index (Phi) is 4.16. The SMILES string of the molecule is COC(=O)C1COCCN1c1nc(C)cc(OC)n1. The summed E-state index contributed by atoms with van der Waals surface area (Å²) in [7, 11) is 2.90. The molecule has 19 heavy (non-hydrogen) atoms. The lowest BCUT2D eigenvalue weighted by Gasteiger charge is -2.33. The van der Waals surface area contributed by atoms with Crippen LogP contribution < -0.4 is 9.64 Å². The van der Waals surface area contributed by atoms with Gasteiger partial charge in [-0.25, -0.2) is 9.78 Å². The molecule has 0 aromatic carbocycles. The second kappa shape index (κ2) is 5.83. The van der Waals surface area contributed by atoms with Gasteiger partial charge in [0.25, 0.3) is 0 Å². The summed E-state index contributed by atoms with van der Waals surface area (Å²) in [4.78, 5) is 22.2. The van der Waals surface area contributed by atoms with Crippen molar-refractivity contribution in [3.05, 3.63) is 11.8 Å². The number of methoxy groups -OCH3 is 2. The van der Waals surface area contributed by atoms with E-state index < -0.39 is 6.04 Å². The van der Waals surface area contributed by atoms with Crippen LogP contribution in [0.25, 0.3) is 0 Å². The molecule has 0 aliphatic carbocycles. The molecule has 0 N–H and O–H groups in total. The second-order valence-electron chi connectivity index (χ2n) is 4.16. The Morgan fingerprint density at radius 3 is 2.95 bits per heavy atom. The molecule has 1 atom stereocenters. The Morgan fingerprint density at radius 1 is 1.47 bits per heavy atom. The fraction of sp³-hybridized carbons (Fsp3) is 0.583. The number of ether oxygens (including phenoxy) is 3. The number of aryl methyl sites for hydroxylation is 1. The van der Waals surface area contributed by atoms with Crippen molar-refractivity contribution in [1.29, 1.82) is 0 Å². The third kappa shape index (κ3) is 2.93. The second-order valence-corrected chi connectivity index (χ2v) is 4.16. The monoisotopic (exact) mass is 267 g/mol. The molecule has 1 fully saturated rings. The standard InChI is InChI=1S/C12H17N3O4/c1-8-6-10(17-2)14-12(13-8)15-4-5-19-7-9(15)11(16)18-3/h6,9H,4-5,7H2,1-3H3. The van der Waals surface area contributed by atoms with Crippen LogP contribution in [0.4, 0.5) is 5.95 Å². The number of esters is 1. The van der Waals surface area contributed by atoms with Crippen LogP contribution in [0.1, 0.15) is 5.69 Å². The van der Waals surface area contributed by atoms with Crippen molar-refractivity contribution in [2.45, 2.75) is 13.0 Å². The molecule has 0 radical (unpaired) electrons. The van der Waals surface area contributed by atoms with Gasteiger partial charge in [0, 0.05) is 18.3 Å². The number of morpholine rings is 1. The zero-order chi connectivity index (χ0) is 13.8. The van der Waals surface area contributed by atoms with E-state index in [4.69, 9.17) is 14.2 Å². The van der Waals surface area contributed by atoms with E-state index in [0.717, 1.165) is 5.69 Å². The molecule has 2 heterocycles. The smallest absolute Gasteiger partial charge is 0.331 e. The fourth-order valence-electron chi connectivity index (χ4n) is 1.93. The molecule has 0 amide bonds. The Labute approximate surface area is 111 Å². The van der Waals surface area contributed by atoms with Gasteiger partial charge in [-0.3, -0.25) is 0 Å². The molecule has 1 aromatic heterocycles. The number of hydrogen-bond donors (Lipinski definition) is 0. The lowest BCUT2D eigenvalue weighted by atomic mass is 10.2. The minimum Gasteiger partial charge on any atom is -0.481 e. The number of anilines is 1. The predicted octanol–water partition coefficient (Wildman–Crippen LogP) is 0.172. The van der Waals surface area contributed by atoms with Crippen molar-refractivity contribution in [2.75, 3.05) is 38.9 Å². The van der Waals surface area contributed by atoms with E-state index in [2.05, 4.69) is 9.97 Å². The summed E-state index contributed by atoms with van der Waals surface area (Å²) in [5, 5.41) is 0. The first kappa shape index (κ1) is 13.5. The number of carbonyl (C=O) groups excluding carboxylic acids is 1. The highest BCUT2D eigenvalue weighted by molar-refractivity contribution is 5.79. The number of nitrogens with zero attached hydrogens (tertiary/aromatic N) is 3. The van der Waals surface area contributed by atoms with E-state index in [9.17, 15) is 4.79 Å². The van der Waals surface area contributed by atoms with E-state index in [0.29, 0.717) is 25.0 Å². The van der Waals surface area contributed by atoms with Crippen molar-refractivity contribution in [3.8, 4) is 5.88 Å². The topological polar surface area (TPSA) is 73.8 Å². The molecule has 1 aromatic rings. The zero-order valence-electron chi connectivity index (χ0n) is 11.3. The molecule has 2 rings (SSSR count). The third-order valence-corrected chi connectivity index (χ3v) is 2.89. The number of aromatic nitrogens is 2. The highest BCUT2D eigenvalue weighted by atomic mass is 16.5. The lowest BCUT2D eigenvalue weighted by molar-refractivity contribution is -0.144. The number of hydrogen-bond acceptors (Lipinski definition) is 7. The van der Waals surface area contributed by atoms with Crippen LogP contribution in [0.15, 0.2) is 6.07 Å². The summed E-state index contributed by atoms with van der Waals surface area (Å²) >= 11 is 0. The van der Waals surface area contributed by atoms with Gasteiger partial charge in [0.1, 0.15) is 0 Å². The van der Waals surface area contributed by atoms with E-state index in [1.54, 1.807) is 18.1 Å². The van der Waals surface area contributed by atoms with Gasteiger partial charge in [-0.1, -0.05) is 0 Å². The van der Waals surface area contributed by atoms with Crippen LogP contribution in [0.2, 0.25) is 0 Å². The summed E-state index contributed by atoms with van der Waals surface area (Å²) < 4.78 is 15.2.